The number of aromatic nitrogens is 8. The summed E-state index contributed by atoms with van der Waals surface area (Å²) in [6, 6.07) is 0. The Hall–Kier alpha value is -2.43. The highest BCUT2D eigenvalue weighted by Crippen LogP contribution is 2.58. The number of anilines is 1. The lowest BCUT2D eigenvalue weighted by Crippen LogP contribution is -2.38. The molecule has 7 heterocycles. The standard InChI is InChI=1S/C20H23N9O11P2S2/c21-15-10-16(24-5-23-15)28(6-25-10)17-12(31)13-9(38-17)4-36-42(34,44)40-14-11(30)8(3-35-41(33,43)39-13)37-18(14)29-7-26-19-22-1-2-27(19)20(29)32/h1-2,5-9,11-14,17-18,30-31H,3-4H2,(H,33,43)(H,34,44)(H2,21,23,24)/t8-,9-,11-,12-,13-,14-,17-,18-,41?,42?/m1/s1. The molecule has 10 atom stereocenters. The van der Waals surface area contributed by atoms with E-state index in [0.717, 1.165) is 15.3 Å². The first-order chi connectivity index (χ1) is 20.9. The van der Waals surface area contributed by atoms with Gasteiger partial charge in [0.05, 0.1) is 19.5 Å². The second kappa shape index (κ2) is 11.1. The number of thiol groups is 1. The monoisotopic (exact) mass is 691 g/mol. The molecule has 4 aromatic heterocycles. The van der Waals surface area contributed by atoms with Crippen LogP contribution >= 0.6 is 25.8 Å². The summed E-state index contributed by atoms with van der Waals surface area (Å²) in [6.45, 7) is -9.68. The summed E-state index contributed by atoms with van der Waals surface area (Å²) in [5.74, 6) is 0.203. The van der Waals surface area contributed by atoms with E-state index in [-0.39, 0.29) is 22.8 Å². The van der Waals surface area contributed by atoms with Gasteiger partial charge in [-0.25, -0.2) is 38.7 Å². The van der Waals surface area contributed by atoms with Crippen molar-refractivity contribution in [2.24, 2.45) is 0 Å². The smallest absolute Gasteiger partial charge is 0.386 e. The molecule has 4 aromatic rings. The first kappa shape index (κ1) is 30.2. The molecule has 0 spiro atoms. The van der Waals surface area contributed by atoms with E-state index in [2.05, 4.69) is 37.2 Å². The molecule has 5 N–H and O–H groups in total. The number of nitrogens with two attached hydrogens (primary N) is 1. The van der Waals surface area contributed by atoms with Gasteiger partial charge in [0.2, 0.25) is 5.78 Å². The van der Waals surface area contributed by atoms with Gasteiger partial charge in [-0.05, 0) is 11.8 Å². The van der Waals surface area contributed by atoms with Crippen LogP contribution in [0.3, 0.4) is 0 Å². The zero-order valence-electron chi connectivity index (χ0n) is 21.9. The van der Waals surface area contributed by atoms with Crippen LogP contribution in [0.15, 0.2) is 36.2 Å². The molecule has 3 aliphatic heterocycles. The zero-order valence-corrected chi connectivity index (χ0v) is 25.4. The second-order valence-corrected chi connectivity index (χ2v) is 15.6. The van der Waals surface area contributed by atoms with Crippen molar-refractivity contribution in [3.8, 4) is 0 Å². The Morgan fingerprint density at radius 2 is 1.70 bits per heavy atom. The number of ether oxygens (including phenoxy) is 2. The molecule has 3 fully saturated rings. The van der Waals surface area contributed by atoms with Crippen molar-refractivity contribution in [1.29, 1.82) is 0 Å². The van der Waals surface area contributed by atoms with E-state index in [1.54, 1.807) is 0 Å². The van der Waals surface area contributed by atoms with E-state index in [9.17, 15) is 24.5 Å². The molecule has 236 valence electrons. The fourth-order valence-electron chi connectivity index (χ4n) is 5.17. The van der Waals surface area contributed by atoms with E-state index in [1.165, 1.54) is 29.6 Å². The minimum atomic E-state index is -4.31. The Kier molecular flexibility index (Phi) is 7.64. The lowest BCUT2D eigenvalue weighted by atomic mass is 10.1. The topological polar surface area (TPSA) is 255 Å². The number of rotatable bonds is 2. The van der Waals surface area contributed by atoms with Gasteiger partial charge in [0.15, 0.2) is 23.9 Å². The fraction of sp³-hybridized carbons (Fsp3) is 0.500. The summed E-state index contributed by atoms with van der Waals surface area (Å²) in [6.07, 6.45) is -4.73. The normalized spacial score (nSPS) is 38.3. The summed E-state index contributed by atoms with van der Waals surface area (Å²) in [7, 11) is 0. The average Bonchev–Trinajstić information content (AvgIpc) is 3.74. The molecule has 3 saturated heterocycles. The summed E-state index contributed by atoms with van der Waals surface area (Å²) in [5.41, 5.74) is 5.69. The van der Waals surface area contributed by atoms with Gasteiger partial charge >= 0.3 is 19.2 Å². The van der Waals surface area contributed by atoms with Crippen molar-refractivity contribution in [3.63, 3.8) is 0 Å². The number of imidazole rings is 2. The third-order valence-electron chi connectivity index (χ3n) is 7.22. The highest BCUT2D eigenvalue weighted by atomic mass is 32.7. The fourth-order valence-corrected chi connectivity index (χ4v) is 8.07. The van der Waals surface area contributed by atoms with Gasteiger partial charge < -0.3 is 34.8 Å². The molecule has 0 aromatic carbocycles. The molecule has 2 unspecified atom stereocenters. The van der Waals surface area contributed by atoms with Crippen molar-refractivity contribution in [2.75, 3.05) is 18.9 Å². The molecule has 0 aliphatic carbocycles. The van der Waals surface area contributed by atoms with E-state index < -0.39 is 81.5 Å². The molecule has 3 aliphatic rings. The summed E-state index contributed by atoms with van der Waals surface area (Å²) in [5, 5.41) is 22.3. The number of nitrogen functional groups attached to an aromatic ring is 1. The van der Waals surface area contributed by atoms with Crippen molar-refractivity contribution in [3.05, 3.63) is 41.9 Å². The Morgan fingerprint density at radius 3 is 2.52 bits per heavy atom. The molecular formula is C20H23N9O11P2S2. The summed E-state index contributed by atoms with van der Waals surface area (Å²) >= 11 is 9.27. The number of fused-ring (bicyclic) bond motifs is 5. The Morgan fingerprint density at radius 1 is 0.955 bits per heavy atom. The third kappa shape index (κ3) is 5.28. The van der Waals surface area contributed by atoms with E-state index in [0.29, 0.717) is 0 Å². The van der Waals surface area contributed by atoms with Crippen LogP contribution in [-0.2, 0) is 43.9 Å². The summed E-state index contributed by atoms with van der Waals surface area (Å²) < 4.78 is 51.0. The molecule has 2 bridgehead atoms. The maximum Gasteiger partial charge on any atom is 0.386 e. The molecule has 24 heteroatoms. The van der Waals surface area contributed by atoms with Gasteiger partial charge in [-0.2, -0.15) is 0 Å². The van der Waals surface area contributed by atoms with Crippen LogP contribution in [0.5, 0.6) is 0 Å². The highest BCUT2D eigenvalue weighted by Gasteiger charge is 2.53. The second-order valence-electron chi connectivity index (χ2n) is 9.89. The number of hydrogen-bond acceptors (Lipinski definition) is 17. The number of aliphatic hydroxyl groups excluding tert-OH is 2. The lowest BCUT2D eigenvalue weighted by molar-refractivity contribution is -0.0620. The Labute approximate surface area is 255 Å². The molecular weight excluding hydrogens is 668 g/mol. The highest BCUT2D eigenvalue weighted by molar-refractivity contribution is 8.44. The van der Waals surface area contributed by atoms with Crippen LogP contribution in [0.25, 0.3) is 16.9 Å². The van der Waals surface area contributed by atoms with Crippen LogP contribution in [0.1, 0.15) is 12.5 Å². The van der Waals surface area contributed by atoms with E-state index in [1.807, 2.05) is 0 Å². The molecule has 44 heavy (non-hydrogen) atoms. The van der Waals surface area contributed by atoms with Crippen LogP contribution in [0.2, 0.25) is 0 Å². The van der Waals surface area contributed by atoms with Gasteiger partial charge in [0.1, 0.15) is 54.8 Å². The molecule has 0 saturated carbocycles. The maximum absolute atomic E-state index is 13.4. The Balaban J connectivity index is 1.20. The first-order valence-corrected chi connectivity index (χ1v) is 18.0. The number of aliphatic hydroxyl groups is 2. The van der Waals surface area contributed by atoms with Gasteiger partial charge in [0, 0.05) is 12.4 Å². The predicted octanol–water partition coefficient (Wildman–Crippen LogP) is -1.10. The summed E-state index contributed by atoms with van der Waals surface area (Å²) in [4.78, 5) is 44.4. The van der Waals surface area contributed by atoms with Gasteiger partial charge in [-0.3, -0.25) is 22.7 Å². The van der Waals surface area contributed by atoms with Crippen LogP contribution in [0.4, 0.5) is 5.82 Å². The van der Waals surface area contributed by atoms with Gasteiger partial charge in [-0.1, -0.05) is 12.2 Å². The SMILES string of the molecule is Nc1ncnc2c1ncn2[C@@H]1O[C@@H]2COP(O)(=S)O[C@@H]3[C@H](O)[C@@H](COP(=O)(S)O[C@H]2[C@H]1O)O[C@H]3n1cnc2nccn2c1=O. The van der Waals surface area contributed by atoms with Gasteiger partial charge in [-0.15, -0.1) is 0 Å². The van der Waals surface area contributed by atoms with E-state index in [4.69, 9.17) is 45.1 Å². The lowest BCUT2D eigenvalue weighted by Gasteiger charge is -2.27. The van der Waals surface area contributed by atoms with Crippen molar-refractivity contribution >= 4 is 60.3 Å². The molecule has 0 radical (unpaired) electrons. The minimum Gasteiger partial charge on any atom is -0.387 e. The van der Waals surface area contributed by atoms with Gasteiger partial charge in [0.25, 0.3) is 0 Å². The minimum absolute atomic E-state index is 0.0927. The van der Waals surface area contributed by atoms with Crippen LogP contribution < -0.4 is 11.4 Å². The van der Waals surface area contributed by atoms with Crippen molar-refractivity contribution < 1.29 is 47.2 Å². The zero-order chi connectivity index (χ0) is 31.0. The average molecular weight is 692 g/mol. The van der Waals surface area contributed by atoms with Crippen molar-refractivity contribution in [1.82, 2.24) is 38.5 Å². The molecule has 7 rings (SSSR count). The van der Waals surface area contributed by atoms with Crippen LogP contribution in [0, 0.1) is 0 Å². The maximum atomic E-state index is 13.4. The predicted molar refractivity (Wildman–Crippen MR) is 152 cm³/mol. The Bertz CT molecular complexity index is 1890. The number of hydrogen-bond donors (Lipinski definition) is 5. The van der Waals surface area contributed by atoms with Crippen molar-refractivity contribution in [2.45, 2.75) is 49.1 Å². The van der Waals surface area contributed by atoms with Crippen LogP contribution in [-0.4, -0.2) is 103 Å². The quantitative estimate of drug-likeness (QED) is 0.123. The largest absolute Gasteiger partial charge is 0.387 e. The molecule has 20 nitrogen and oxygen atoms in total. The molecule has 0 amide bonds. The first-order valence-electron chi connectivity index (χ1n) is 12.7. The van der Waals surface area contributed by atoms with E-state index >= 15 is 0 Å². The third-order valence-corrected chi connectivity index (χ3v) is 10.4. The number of nitrogens with zero attached hydrogens (tertiary/aromatic N) is 8.